The minimum atomic E-state index is -0.435. The summed E-state index contributed by atoms with van der Waals surface area (Å²) in [7, 11) is 0. The minimum Gasteiger partial charge on any atom is -0.207 e. The van der Waals surface area contributed by atoms with Crippen molar-refractivity contribution in [3.05, 3.63) is 125 Å². The lowest BCUT2D eigenvalue weighted by atomic mass is 9.66. The predicted molar refractivity (Wildman–Crippen MR) is 162 cm³/mol. The Bertz CT molecular complexity index is 2210. The molecule has 0 spiro atoms. The van der Waals surface area contributed by atoms with E-state index in [-0.39, 0.29) is 22.7 Å². The van der Waals surface area contributed by atoms with Gasteiger partial charge in [-0.15, -0.1) is 0 Å². The van der Waals surface area contributed by atoms with Crippen molar-refractivity contribution < 1.29 is 13.4 Å². The smallest absolute Gasteiger partial charge is 0.207 e. The number of aryl methyl sites for hydroxylation is 2. The molecule has 3 atom stereocenters. The van der Waals surface area contributed by atoms with Gasteiger partial charge in [-0.3, -0.25) is 0 Å². The van der Waals surface area contributed by atoms with Gasteiger partial charge in [-0.1, -0.05) is 55.8 Å². The van der Waals surface area contributed by atoms with Gasteiger partial charge < -0.3 is 0 Å². The highest BCUT2D eigenvalue weighted by atomic mass is 19.1. The van der Waals surface area contributed by atoms with Gasteiger partial charge in [0, 0.05) is 42.2 Å². The van der Waals surface area contributed by atoms with Crippen molar-refractivity contribution in [2.75, 3.05) is 0 Å². The second kappa shape index (κ2) is 7.02. The number of hydrogen-bond acceptors (Lipinski definition) is 0. The van der Waals surface area contributed by atoms with Crippen molar-refractivity contribution in [1.29, 1.82) is 0 Å². The number of benzene rings is 3. The molecule has 0 saturated heterocycles. The van der Waals surface area contributed by atoms with Crippen LogP contribution >= 0.6 is 0 Å². The van der Waals surface area contributed by atoms with E-state index in [1.165, 1.54) is 60.7 Å². The molecular weight excluding hydrogens is 503 g/mol. The highest BCUT2D eigenvalue weighted by molar-refractivity contribution is 6.02. The maximum atomic E-state index is 16.0. The molecule has 1 saturated carbocycles. The summed E-state index contributed by atoms with van der Waals surface area (Å²) < 4.78 is 20.9. The summed E-state index contributed by atoms with van der Waals surface area (Å²) in [5.41, 5.74) is 9.86. The van der Waals surface area contributed by atoms with Crippen LogP contribution in [0.2, 0.25) is 0 Å². The van der Waals surface area contributed by atoms with E-state index < -0.39 is 5.41 Å². The molecule has 41 heavy (non-hydrogen) atoms. The standard InChI is InChI=1S/C38H33FN2/c1-21-10-11-24-20-30(40-16-14-22(2)19-29(40)25(24)18-21)35-37(5)27-12-13-28(39)33-32(27)34-31-23(15-17-41(34)38(35,37)6)8-7-9-26(31)36(33,3)4/h7-20,35H,1-6H3/q+2. The molecule has 9 rings (SSSR count). The first kappa shape index (κ1) is 23.6. The molecule has 1 aliphatic heterocycles. The molecule has 3 aromatic carbocycles. The van der Waals surface area contributed by atoms with Gasteiger partial charge in [-0.2, -0.15) is 8.97 Å². The fourth-order valence-corrected chi connectivity index (χ4v) is 9.17. The number of fused-ring (bicyclic) bond motifs is 6. The molecule has 0 N–H and O–H groups in total. The van der Waals surface area contributed by atoms with Gasteiger partial charge in [0.15, 0.2) is 23.6 Å². The van der Waals surface area contributed by atoms with E-state index >= 15 is 4.39 Å². The largest absolute Gasteiger partial charge is 0.221 e. The number of rotatable bonds is 1. The van der Waals surface area contributed by atoms with E-state index in [1.807, 2.05) is 0 Å². The van der Waals surface area contributed by atoms with Crippen molar-refractivity contribution >= 4 is 27.1 Å². The molecule has 3 heteroatoms. The molecule has 4 heterocycles. The highest BCUT2D eigenvalue weighted by Gasteiger charge is 2.85. The predicted octanol–water partition coefficient (Wildman–Crippen LogP) is 7.87. The van der Waals surface area contributed by atoms with Crippen LogP contribution in [-0.2, 0) is 16.4 Å². The summed E-state index contributed by atoms with van der Waals surface area (Å²) in [6, 6.07) is 26.4. The lowest BCUT2D eigenvalue weighted by Gasteiger charge is -2.38. The third kappa shape index (κ3) is 2.48. The van der Waals surface area contributed by atoms with Crippen molar-refractivity contribution in [2.24, 2.45) is 0 Å². The van der Waals surface area contributed by atoms with Gasteiger partial charge in [0.2, 0.25) is 11.2 Å². The molecule has 0 radical (unpaired) electrons. The number of pyridine rings is 3. The molecule has 2 nitrogen and oxygen atoms in total. The van der Waals surface area contributed by atoms with Crippen LogP contribution in [0.1, 0.15) is 67.1 Å². The summed E-state index contributed by atoms with van der Waals surface area (Å²) in [6.45, 7) is 13.6. The second-order valence-corrected chi connectivity index (χ2v) is 13.7. The summed E-state index contributed by atoms with van der Waals surface area (Å²) in [5.74, 6) is 0.0950. The van der Waals surface area contributed by atoms with Crippen LogP contribution in [0.25, 0.3) is 38.3 Å². The molecule has 2 aliphatic carbocycles. The number of halogens is 1. The van der Waals surface area contributed by atoms with E-state index in [1.54, 1.807) is 6.07 Å². The van der Waals surface area contributed by atoms with E-state index in [0.717, 1.165) is 11.1 Å². The Morgan fingerprint density at radius 3 is 2.39 bits per heavy atom. The normalized spacial score (nSPS) is 24.6. The summed E-state index contributed by atoms with van der Waals surface area (Å²) in [6.07, 6.45) is 4.53. The monoisotopic (exact) mass is 536 g/mol. The molecule has 1 fully saturated rings. The van der Waals surface area contributed by atoms with Crippen LogP contribution in [0.3, 0.4) is 0 Å². The summed E-state index contributed by atoms with van der Waals surface area (Å²) in [5, 5.41) is 5.05. The quantitative estimate of drug-likeness (QED) is 0.149. The Labute approximate surface area is 239 Å². The first-order chi connectivity index (χ1) is 19.6. The van der Waals surface area contributed by atoms with Crippen molar-refractivity contribution in [1.82, 2.24) is 0 Å². The lowest BCUT2D eigenvalue weighted by molar-refractivity contribution is -0.732. The second-order valence-electron chi connectivity index (χ2n) is 13.7. The summed E-state index contributed by atoms with van der Waals surface area (Å²) in [4.78, 5) is 0. The van der Waals surface area contributed by atoms with Crippen LogP contribution in [0.15, 0.2) is 85.2 Å². The Hall–Kier alpha value is -4.11. The lowest BCUT2D eigenvalue weighted by Crippen LogP contribution is -2.54. The maximum absolute atomic E-state index is 16.0. The zero-order valence-corrected chi connectivity index (χ0v) is 24.4. The topological polar surface area (TPSA) is 7.98 Å². The van der Waals surface area contributed by atoms with Crippen molar-refractivity contribution in [3.63, 3.8) is 0 Å². The highest BCUT2D eigenvalue weighted by Crippen LogP contribution is 2.74. The molecule has 6 aromatic rings. The fourth-order valence-electron chi connectivity index (χ4n) is 9.17. The Morgan fingerprint density at radius 1 is 0.756 bits per heavy atom. The average molecular weight is 537 g/mol. The first-order valence-electron chi connectivity index (χ1n) is 14.8. The minimum absolute atomic E-state index is 0.104. The van der Waals surface area contributed by atoms with Crippen molar-refractivity contribution in [3.8, 4) is 11.3 Å². The van der Waals surface area contributed by atoms with E-state index in [9.17, 15) is 0 Å². The van der Waals surface area contributed by atoms with Crippen LogP contribution in [-0.4, -0.2) is 0 Å². The molecule has 3 aromatic heterocycles. The zero-order chi connectivity index (χ0) is 28.2. The number of nitrogens with zero attached hydrogens (tertiary/aromatic N) is 2. The van der Waals surface area contributed by atoms with Crippen LogP contribution in [0.4, 0.5) is 4.39 Å². The summed E-state index contributed by atoms with van der Waals surface area (Å²) >= 11 is 0. The van der Waals surface area contributed by atoms with Crippen LogP contribution < -0.4 is 8.97 Å². The molecular formula is C38H33FN2+2. The zero-order valence-electron chi connectivity index (χ0n) is 24.4. The van der Waals surface area contributed by atoms with Gasteiger partial charge in [0.25, 0.3) is 0 Å². The molecule has 3 unspecified atom stereocenters. The molecule has 0 amide bonds. The molecule has 0 bridgehead atoms. The van der Waals surface area contributed by atoms with Gasteiger partial charge >= 0.3 is 0 Å². The Balaban J connectivity index is 1.44. The van der Waals surface area contributed by atoms with Crippen LogP contribution in [0.5, 0.6) is 0 Å². The third-order valence-corrected chi connectivity index (χ3v) is 11.3. The average Bonchev–Trinajstić information content (AvgIpc) is 3.47. The number of hydrogen-bond donors (Lipinski definition) is 0. The van der Waals surface area contributed by atoms with Gasteiger partial charge in [0.1, 0.15) is 11.7 Å². The van der Waals surface area contributed by atoms with Gasteiger partial charge in [-0.05, 0) is 60.4 Å². The van der Waals surface area contributed by atoms with Crippen LogP contribution in [0, 0.1) is 19.7 Å². The SMILES string of the molecule is Cc1ccc2cc(C3C4(C)c5ccc(F)c6c5-c5c7c(cccc7cc[n+]5C34C)C6(C)C)[n+]3ccc(C)cc3c2c1. The molecule has 200 valence electrons. The van der Waals surface area contributed by atoms with Gasteiger partial charge in [-0.25, -0.2) is 4.39 Å². The molecule has 3 aliphatic rings. The maximum Gasteiger partial charge on any atom is 0.221 e. The van der Waals surface area contributed by atoms with E-state index in [0.29, 0.717) is 0 Å². The van der Waals surface area contributed by atoms with Gasteiger partial charge in [0.05, 0.1) is 21.8 Å². The van der Waals surface area contributed by atoms with E-state index in [4.69, 9.17) is 0 Å². The Kier molecular flexibility index (Phi) is 4.04. The Morgan fingerprint density at radius 2 is 1.56 bits per heavy atom. The fraction of sp³-hybridized carbons (Fsp3) is 0.263. The third-order valence-electron chi connectivity index (χ3n) is 11.3. The van der Waals surface area contributed by atoms with E-state index in [2.05, 4.69) is 130 Å². The number of aromatic nitrogens is 2. The first-order valence-corrected chi connectivity index (χ1v) is 14.8. The van der Waals surface area contributed by atoms with Crippen molar-refractivity contribution in [2.45, 2.75) is 63.8 Å².